The number of anilines is 1. The highest BCUT2D eigenvalue weighted by molar-refractivity contribution is 6.34. The highest BCUT2D eigenvalue weighted by atomic mass is 35.5. The largest absolute Gasteiger partial charge is 0.487 e. The number of nitrogens with one attached hydrogen (secondary N) is 2. The Morgan fingerprint density at radius 3 is 2.62 bits per heavy atom. The summed E-state index contributed by atoms with van der Waals surface area (Å²) in [5.74, 6) is 1.08. The van der Waals surface area contributed by atoms with Crippen LogP contribution in [0.25, 0.3) is 11.1 Å². The molecule has 1 fully saturated rings. The molecule has 1 amide bonds. The summed E-state index contributed by atoms with van der Waals surface area (Å²) in [5, 5.41) is 7.72. The summed E-state index contributed by atoms with van der Waals surface area (Å²) >= 11 is 13.4. The van der Waals surface area contributed by atoms with Gasteiger partial charge in [-0.15, -0.1) is 0 Å². The zero-order chi connectivity index (χ0) is 24.1. The van der Waals surface area contributed by atoms with Crippen LogP contribution in [0.2, 0.25) is 10.0 Å². The summed E-state index contributed by atoms with van der Waals surface area (Å²) < 4.78 is 6.18. The molecule has 4 nitrogen and oxygen atoms in total. The quantitative estimate of drug-likeness (QED) is 0.323. The molecule has 0 saturated carbocycles. The number of rotatable bonds is 9. The maximum absolute atomic E-state index is 11.5. The van der Waals surface area contributed by atoms with E-state index in [9.17, 15) is 4.79 Å². The summed E-state index contributed by atoms with van der Waals surface area (Å²) in [5.41, 5.74) is 5.09. The van der Waals surface area contributed by atoms with Gasteiger partial charge in [0.1, 0.15) is 12.4 Å². The molecule has 1 saturated heterocycles. The normalized spacial score (nSPS) is 16.2. The molecule has 0 aromatic heterocycles. The Hall–Kier alpha value is -2.69. The van der Waals surface area contributed by atoms with Crippen molar-refractivity contribution in [1.82, 2.24) is 5.32 Å². The number of halogens is 2. The third-order valence-corrected chi connectivity index (χ3v) is 7.16. The van der Waals surface area contributed by atoms with Crippen molar-refractivity contribution in [1.29, 1.82) is 0 Å². The molecule has 2 atom stereocenters. The lowest BCUT2D eigenvalue weighted by atomic mass is 9.96. The third kappa shape index (κ3) is 5.68. The van der Waals surface area contributed by atoms with Gasteiger partial charge < -0.3 is 15.4 Å². The number of hydrogen-bond acceptors (Lipinski definition) is 3. The average molecular weight is 497 g/mol. The monoisotopic (exact) mass is 496 g/mol. The first-order valence-corrected chi connectivity index (χ1v) is 12.5. The fraction of sp³-hybridized carbons (Fsp3) is 0.321. The minimum Gasteiger partial charge on any atom is -0.487 e. The molecule has 1 heterocycles. The Bertz CT molecular complexity index is 1150. The lowest BCUT2D eigenvalue weighted by Gasteiger charge is -2.21. The van der Waals surface area contributed by atoms with Crippen molar-refractivity contribution in [3.8, 4) is 16.9 Å². The van der Waals surface area contributed by atoms with Crippen molar-refractivity contribution in [2.45, 2.75) is 51.7 Å². The van der Waals surface area contributed by atoms with E-state index in [4.69, 9.17) is 27.9 Å². The van der Waals surface area contributed by atoms with Crippen molar-refractivity contribution >= 4 is 34.8 Å². The van der Waals surface area contributed by atoms with Crippen LogP contribution < -0.4 is 15.4 Å². The SMILES string of the molecule is CCC(C)c1cc(OCc2cccc(-c3ccccc3)c2Cl)c(Cl)cc1NCC1CCC(=O)N1. The van der Waals surface area contributed by atoms with Crippen LogP contribution in [0.1, 0.15) is 50.2 Å². The molecule has 2 N–H and O–H groups in total. The fourth-order valence-electron chi connectivity index (χ4n) is 4.21. The predicted octanol–water partition coefficient (Wildman–Crippen LogP) is 7.44. The topological polar surface area (TPSA) is 50.4 Å². The van der Waals surface area contributed by atoms with E-state index in [0.717, 1.165) is 40.8 Å². The molecule has 3 aromatic carbocycles. The van der Waals surface area contributed by atoms with Gasteiger partial charge >= 0.3 is 0 Å². The minimum atomic E-state index is 0.116. The molecule has 2 unspecified atom stereocenters. The zero-order valence-corrected chi connectivity index (χ0v) is 21.0. The van der Waals surface area contributed by atoms with E-state index in [0.29, 0.717) is 41.3 Å². The summed E-state index contributed by atoms with van der Waals surface area (Å²) in [6.07, 6.45) is 2.43. The molecular formula is C28H30Cl2N2O2. The Balaban J connectivity index is 1.52. The second kappa shape index (κ2) is 11.2. The summed E-state index contributed by atoms with van der Waals surface area (Å²) in [7, 11) is 0. The van der Waals surface area contributed by atoms with Crippen LogP contribution in [0.3, 0.4) is 0 Å². The molecule has 0 spiro atoms. The molecule has 0 radical (unpaired) electrons. The number of amides is 1. The summed E-state index contributed by atoms with van der Waals surface area (Å²) in [4.78, 5) is 11.5. The molecule has 1 aliphatic rings. The van der Waals surface area contributed by atoms with Gasteiger partial charge in [-0.25, -0.2) is 0 Å². The number of carbonyl (C=O) groups is 1. The van der Waals surface area contributed by atoms with Gasteiger partial charge in [-0.05, 0) is 42.0 Å². The van der Waals surface area contributed by atoms with Crippen LogP contribution in [0, 0.1) is 0 Å². The molecule has 0 aliphatic carbocycles. The van der Waals surface area contributed by atoms with Gasteiger partial charge in [0, 0.05) is 35.8 Å². The average Bonchev–Trinajstić information content (AvgIpc) is 3.27. The zero-order valence-electron chi connectivity index (χ0n) is 19.5. The van der Waals surface area contributed by atoms with Crippen molar-refractivity contribution in [2.75, 3.05) is 11.9 Å². The van der Waals surface area contributed by atoms with Crippen molar-refractivity contribution in [2.24, 2.45) is 0 Å². The van der Waals surface area contributed by atoms with Crippen LogP contribution in [-0.2, 0) is 11.4 Å². The molecule has 6 heteroatoms. The van der Waals surface area contributed by atoms with E-state index in [1.807, 2.05) is 60.7 Å². The van der Waals surface area contributed by atoms with Crippen molar-refractivity contribution in [3.05, 3.63) is 81.8 Å². The van der Waals surface area contributed by atoms with E-state index in [1.54, 1.807) is 0 Å². The second-order valence-corrected chi connectivity index (χ2v) is 9.58. The highest BCUT2D eigenvalue weighted by Gasteiger charge is 2.21. The molecule has 34 heavy (non-hydrogen) atoms. The van der Waals surface area contributed by atoms with E-state index in [1.165, 1.54) is 0 Å². The molecule has 1 aliphatic heterocycles. The molecular weight excluding hydrogens is 467 g/mol. The number of carbonyl (C=O) groups excluding carboxylic acids is 1. The van der Waals surface area contributed by atoms with Gasteiger partial charge in [-0.3, -0.25) is 4.79 Å². The summed E-state index contributed by atoms with van der Waals surface area (Å²) in [6.45, 7) is 5.35. The van der Waals surface area contributed by atoms with Crippen molar-refractivity contribution < 1.29 is 9.53 Å². The van der Waals surface area contributed by atoms with Crippen molar-refractivity contribution in [3.63, 3.8) is 0 Å². The van der Waals surface area contributed by atoms with Crippen LogP contribution in [0.4, 0.5) is 5.69 Å². The van der Waals surface area contributed by atoms with Gasteiger partial charge in [0.15, 0.2) is 0 Å². The Morgan fingerprint density at radius 2 is 1.91 bits per heavy atom. The first-order chi connectivity index (χ1) is 16.5. The maximum atomic E-state index is 11.5. The van der Waals surface area contributed by atoms with Crippen LogP contribution in [-0.4, -0.2) is 18.5 Å². The van der Waals surface area contributed by atoms with Crippen LogP contribution >= 0.6 is 23.2 Å². The van der Waals surface area contributed by atoms with Gasteiger partial charge in [-0.1, -0.05) is 85.6 Å². The molecule has 3 aromatic rings. The number of hydrogen-bond donors (Lipinski definition) is 2. The van der Waals surface area contributed by atoms with Gasteiger partial charge in [-0.2, -0.15) is 0 Å². The lowest BCUT2D eigenvalue weighted by Crippen LogP contribution is -2.32. The van der Waals surface area contributed by atoms with Gasteiger partial charge in [0.25, 0.3) is 0 Å². The van der Waals surface area contributed by atoms with Crippen LogP contribution in [0.15, 0.2) is 60.7 Å². The number of benzene rings is 3. The lowest BCUT2D eigenvalue weighted by molar-refractivity contribution is -0.119. The Morgan fingerprint density at radius 1 is 1.12 bits per heavy atom. The maximum Gasteiger partial charge on any atom is 0.220 e. The number of ether oxygens (including phenoxy) is 1. The van der Waals surface area contributed by atoms with E-state index in [-0.39, 0.29) is 11.9 Å². The van der Waals surface area contributed by atoms with Crippen LogP contribution in [0.5, 0.6) is 5.75 Å². The summed E-state index contributed by atoms with van der Waals surface area (Å²) in [6, 6.07) is 20.2. The standard InChI is InChI=1S/C28H30Cl2N2O2/c1-3-18(2)23-14-26(24(29)15-25(23)31-16-21-12-13-27(33)32-21)34-17-20-10-7-11-22(28(20)30)19-8-5-4-6-9-19/h4-11,14-15,18,21,31H,3,12-13,16-17H2,1-2H3,(H,32,33). The van der Waals surface area contributed by atoms with Gasteiger partial charge in [0.05, 0.1) is 10.0 Å². The smallest absolute Gasteiger partial charge is 0.220 e. The Kier molecular flexibility index (Phi) is 8.02. The van der Waals surface area contributed by atoms with E-state index >= 15 is 0 Å². The van der Waals surface area contributed by atoms with E-state index < -0.39 is 0 Å². The predicted molar refractivity (Wildman–Crippen MR) is 141 cm³/mol. The molecule has 0 bridgehead atoms. The molecule has 4 rings (SSSR count). The Labute approximate surface area is 211 Å². The highest BCUT2D eigenvalue weighted by Crippen LogP contribution is 2.37. The second-order valence-electron chi connectivity index (χ2n) is 8.80. The van der Waals surface area contributed by atoms with E-state index in [2.05, 4.69) is 24.5 Å². The first kappa shape index (κ1) is 24.4. The third-order valence-electron chi connectivity index (χ3n) is 6.42. The molecule has 178 valence electrons. The first-order valence-electron chi connectivity index (χ1n) is 11.8. The fourth-order valence-corrected chi connectivity index (χ4v) is 4.72. The minimum absolute atomic E-state index is 0.116. The van der Waals surface area contributed by atoms with Gasteiger partial charge in [0.2, 0.25) is 5.91 Å².